The molecule has 0 fully saturated rings. The van der Waals surface area contributed by atoms with Gasteiger partial charge in [0.05, 0.1) is 5.69 Å². The van der Waals surface area contributed by atoms with Crippen molar-refractivity contribution in [2.75, 3.05) is 24.1 Å². The van der Waals surface area contributed by atoms with Gasteiger partial charge in [0.25, 0.3) is 0 Å². The fourth-order valence-corrected chi connectivity index (χ4v) is 1.28. The molecule has 1 aromatic heterocycles. The van der Waals surface area contributed by atoms with E-state index in [1.165, 1.54) is 0 Å². The highest BCUT2D eigenvalue weighted by atomic mass is 16.1. The number of nitrogen functional groups attached to an aromatic ring is 1. The highest BCUT2D eigenvalue weighted by Crippen LogP contribution is 2.12. The number of nitrogens with zero attached hydrogens (tertiary/aromatic N) is 1. The number of carbonyl (C=O) groups excluding carboxylic acids is 1. The van der Waals surface area contributed by atoms with Gasteiger partial charge in [0, 0.05) is 25.7 Å². The molecule has 17 heavy (non-hydrogen) atoms. The van der Waals surface area contributed by atoms with E-state index >= 15 is 0 Å². The summed E-state index contributed by atoms with van der Waals surface area (Å²) < 4.78 is 0. The van der Waals surface area contributed by atoms with Crippen LogP contribution in [0.15, 0.2) is 18.3 Å². The van der Waals surface area contributed by atoms with Crippen molar-refractivity contribution in [3.8, 4) is 0 Å². The quantitative estimate of drug-likeness (QED) is 0.694. The number of hydrogen-bond donors (Lipinski definition) is 3. The molecule has 1 heterocycles. The minimum absolute atomic E-state index is 0.0497. The molecular weight excluding hydrogens is 216 g/mol. The summed E-state index contributed by atoms with van der Waals surface area (Å²) in [5.41, 5.74) is 6.43. The van der Waals surface area contributed by atoms with E-state index in [-0.39, 0.29) is 5.91 Å². The number of rotatable bonds is 6. The van der Waals surface area contributed by atoms with Crippen molar-refractivity contribution >= 4 is 17.4 Å². The molecule has 0 unspecified atom stereocenters. The van der Waals surface area contributed by atoms with Gasteiger partial charge >= 0.3 is 0 Å². The first-order chi connectivity index (χ1) is 8.09. The molecule has 0 aromatic carbocycles. The van der Waals surface area contributed by atoms with Crippen molar-refractivity contribution in [1.82, 2.24) is 10.3 Å². The molecular formula is C12H20N4O. The monoisotopic (exact) mass is 236 g/mol. The van der Waals surface area contributed by atoms with Crippen LogP contribution in [0.5, 0.6) is 0 Å². The van der Waals surface area contributed by atoms with Crippen molar-refractivity contribution in [3.63, 3.8) is 0 Å². The summed E-state index contributed by atoms with van der Waals surface area (Å²) >= 11 is 0. The van der Waals surface area contributed by atoms with Crippen LogP contribution < -0.4 is 16.4 Å². The highest BCUT2D eigenvalue weighted by molar-refractivity contribution is 5.76. The molecule has 0 atom stereocenters. The van der Waals surface area contributed by atoms with Gasteiger partial charge in [-0.2, -0.15) is 0 Å². The first-order valence-electron chi connectivity index (χ1n) is 5.80. The Balaban J connectivity index is 2.24. The molecule has 0 saturated heterocycles. The van der Waals surface area contributed by atoms with Gasteiger partial charge in [0.15, 0.2) is 0 Å². The normalized spacial score (nSPS) is 10.3. The summed E-state index contributed by atoms with van der Waals surface area (Å²) in [5.74, 6) is 0.977. The van der Waals surface area contributed by atoms with Crippen LogP contribution in [0, 0.1) is 5.92 Å². The zero-order valence-electron chi connectivity index (χ0n) is 10.4. The van der Waals surface area contributed by atoms with Crippen molar-refractivity contribution < 1.29 is 4.79 Å². The molecule has 0 bridgehead atoms. The second kappa shape index (κ2) is 6.73. The van der Waals surface area contributed by atoms with Gasteiger partial charge in [0.2, 0.25) is 5.91 Å². The average molecular weight is 236 g/mol. The van der Waals surface area contributed by atoms with Crippen LogP contribution in [0.1, 0.15) is 20.3 Å². The van der Waals surface area contributed by atoms with Gasteiger partial charge in [-0.05, 0) is 18.1 Å². The Labute approximate surface area is 102 Å². The van der Waals surface area contributed by atoms with Crippen LogP contribution in [-0.4, -0.2) is 24.0 Å². The van der Waals surface area contributed by atoms with Gasteiger partial charge in [-0.3, -0.25) is 4.79 Å². The van der Waals surface area contributed by atoms with Crippen molar-refractivity contribution in [1.29, 1.82) is 0 Å². The standard InChI is InChI=1S/C12H20N4O/c1-9(2)8-16-11(17)5-7-14-10-4-3-6-15-12(10)13/h3-4,6,9,14H,5,7-8H2,1-2H3,(H2,13,15)(H,16,17). The van der Waals surface area contributed by atoms with Crippen molar-refractivity contribution in [2.24, 2.45) is 5.92 Å². The third-order valence-corrected chi connectivity index (χ3v) is 2.21. The van der Waals surface area contributed by atoms with E-state index in [2.05, 4.69) is 29.5 Å². The first kappa shape index (κ1) is 13.3. The summed E-state index contributed by atoms with van der Waals surface area (Å²) in [6, 6.07) is 3.64. The predicted molar refractivity (Wildman–Crippen MR) is 69.6 cm³/mol. The van der Waals surface area contributed by atoms with E-state index in [4.69, 9.17) is 5.73 Å². The van der Waals surface area contributed by atoms with Crippen LogP contribution in [-0.2, 0) is 4.79 Å². The smallest absolute Gasteiger partial charge is 0.221 e. The fourth-order valence-electron chi connectivity index (χ4n) is 1.28. The molecule has 0 aliphatic rings. The van der Waals surface area contributed by atoms with Crippen molar-refractivity contribution in [2.45, 2.75) is 20.3 Å². The maximum absolute atomic E-state index is 11.4. The lowest BCUT2D eigenvalue weighted by atomic mass is 10.2. The number of amides is 1. The molecule has 0 spiro atoms. The van der Waals surface area contributed by atoms with E-state index in [1.807, 2.05) is 6.07 Å². The van der Waals surface area contributed by atoms with E-state index in [1.54, 1.807) is 12.3 Å². The van der Waals surface area contributed by atoms with Crippen LogP contribution in [0.4, 0.5) is 11.5 Å². The lowest BCUT2D eigenvalue weighted by Gasteiger charge is -2.09. The zero-order valence-corrected chi connectivity index (χ0v) is 10.4. The third-order valence-electron chi connectivity index (χ3n) is 2.21. The molecule has 0 aliphatic heterocycles. The van der Waals surface area contributed by atoms with Gasteiger partial charge in [-0.1, -0.05) is 13.8 Å². The predicted octanol–water partition coefficient (Wildman–Crippen LogP) is 1.24. The second-order valence-corrected chi connectivity index (χ2v) is 4.31. The summed E-state index contributed by atoms with van der Waals surface area (Å²) in [6.45, 7) is 5.40. The largest absolute Gasteiger partial charge is 0.382 e. The number of aromatic nitrogens is 1. The van der Waals surface area contributed by atoms with Gasteiger partial charge in [-0.25, -0.2) is 4.98 Å². The molecule has 5 nitrogen and oxygen atoms in total. The van der Waals surface area contributed by atoms with E-state index in [0.29, 0.717) is 31.2 Å². The maximum atomic E-state index is 11.4. The molecule has 5 heteroatoms. The van der Waals surface area contributed by atoms with Gasteiger partial charge < -0.3 is 16.4 Å². The average Bonchev–Trinajstić information content (AvgIpc) is 2.29. The summed E-state index contributed by atoms with van der Waals surface area (Å²) in [6.07, 6.45) is 2.07. The number of anilines is 2. The number of nitrogens with two attached hydrogens (primary N) is 1. The van der Waals surface area contributed by atoms with Crippen LogP contribution in [0.2, 0.25) is 0 Å². The summed E-state index contributed by atoms with van der Waals surface area (Å²) in [5, 5.41) is 5.94. The molecule has 1 rings (SSSR count). The Hall–Kier alpha value is -1.78. The minimum atomic E-state index is 0.0497. The Morgan fingerprint density at radius 3 is 2.94 bits per heavy atom. The summed E-state index contributed by atoms with van der Waals surface area (Å²) in [7, 11) is 0. The molecule has 0 radical (unpaired) electrons. The van der Waals surface area contributed by atoms with Crippen LogP contribution in [0.3, 0.4) is 0 Å². The zero-order chi connectivity index (χ0) is 12.7. The molecule has 1 amide bonds. The Kier molecular flexibility index (Phi) is 5.26. The Bertz CT molecular complexity index is 365. The van der Waals surface area contributed by atoms with Crippen LogP contribution in [0.25, 0.3) is 0 Å². The third kappa shape index (κ3) is 5.19. The van der Waals surface area contributed by atoms with Gasteiger partial charge in [0.1, 0.15) is 5.82 Å². The summed E-state index contributed by atoms with van der Waals surface area (Å²) in [4.78, 5) is 15.4. The number of hydrogen-bond acceptors (Lipinski definition) is 4. The minimum Gasteiger partial charge on any atom is -0.382 e. The molecule has 4 N–H and O–H groups in total. The van der Waals surface area contributed by atoms with Crippen LogP contribution >= 0.6 is 0 Å². The number of carbonyl (C=O) groups is 1. The number of nitrogens with one attached hydrogen (secondary N) is 2. The van der Waals surface area contributed by atoms with Crippen molar-refractivity contribution in [3.05, 3.63) is 18.3 Å². The lowest BCUT2D eigenvalue weighted by molar-refractivity contribution is -0.120. The Morgan fingerprint density at radius 1 is 1.53 bits per heavy atom. The molecule has 94 valence electrons. The highest BCUT2D eigenvalue weighted by Gasteiger charge is 2.03. The SMILES string of the molecule is CC(C)CNC(=O)CCNc1cccnc1N. The van der Waals surface area contributed by atoms with E-state index in [9.17, 15) is 4.79 Å². The first-order valence-corrected chi connectivity index (χ1v) is 5.80. The molecule has 1 aromatic rings. The van der Waals surface area contributed by atoms with E-state index in [0.717, 1.165) is 5.69 Å². The topological polar surface area (TPSA) is 80.0 Å². The second-order valence-electron chi connectivity index (χ2n) is 4.31. The van der Waals surface area contributed by atoms with Gasteiger partial charge in [-0.15, -0.1) is 0 Å². The number of pyridine rings is 1. The van der Waals surface area contributed by atoms with E-state index < -0.39 is 0 Å². The maximum Gasteiger partial charge on any atom is 0.221 e. The Morgan fingerprint density at radius 2 is 2.29 bits per heavy atom. The lowest BCUT2D eigenvalue weighted by Crippen LogP contribution is -2.28. The fraction of sp³-hybridized carbons (Fsp3) is 0.500. The molecule has 0 saturated carbocycles. The molecule has 0 aliphatic carbocycles.